The third-order valence-corrected chi connectivity index (χ3v) is 2.87. The largest absolute Gasteiger partial charge is 0.350 e. The van der Waals surface area contributed by atoms with Crippen LogP contribution < -0.4 is 5.32 Å². The number of rotatable bonds is 4. The van der Waals surface area contributed by atoms with Crippen molar-refractivity contribution in [2.24, 2.45) is 0 Å². The first-order valence-corrected chi connectivity index (χ1v) is 6.13. The zero-order valence-electron chi connectivity index (χ0n) is 9.44. The van der Waals surface area contributed by atoms with Gasteiger partial charge in [-0.1, -0.05) is 35.3 Å². The summed E-state index contributed by atoms with van der Waals surface area (Å²) < 4.78 is 1.66. The van der Waals surface area contributed by atoms with E-state index in [0.29, 0.717) is 28.7 Å². The number of halogens is 2. The van der Waals surface area contributed by atoms with Gasteiger partial charge in [-0.15, -0.1) is 0 Å². The van der Waals surface area contributed by atoms with Crippen LogP contribution in [-0.2, 0) is 6.54 Å². The van der Waals surface area contributed by atoms with E-state index in [2.05, 4.69) is 10.4 Å². The second-order valence-electron chi connectivity index (χ2n) is 3.66. The Balaban J connectivity index is 1.87. The Morgan fingerprint density at radius 2 is 2.11 bits per heavy atom. The maximum atomic E-state index is 11.8. The van der Waals surface area contributed by atoms with Gasteiger partial charge >= 0.3 is 0 Å². The normalized spacial score (nSPS) is 10.3. The molecule has 6 heteroatoms. The van der Waals surface area contributed by atoms with E-state index in [9.17, 15) is 4.79 Å². The van der Waals surface area contributed by atoms with Crippen LogP contribution in [0.4, 0.5) is 0 Å². The lowest BCUT2D eigenvalue weighted by Gasteiger charge is -2.06. The average molecular weight is 284 g/mol. The summed E-state index contributed by atoms with van der Waals surface area (Å²) in [6, 6.07) is 6.92. The standard InChI is InChI=1S/C12H11Cl2N3O/c13-9-7-16-17(8-9)6-5-15-12(18)10-3-1-2-4-11(10)14/h1-4,7-8H,5-6H2,(H,15,18). The highest BCUT2D eigenvalue weighted by atomic mass is 35.5. The van der Waals surface area contributed by atoms with E-state index in [-0.39, 0.29) is 5.91 Å². The number of aromatic nitrogens is 2. The maximum absolute atomic E-state index is 11.8. The molecule has 4 nitrogen and oxygen atoms in total. The van der Waals surface area contributed by atoms with E-state index in [0.717, 1.165) is 0 Å². The zero-order chi connectivity index (χ0) is 13.0. The van der Waals surface area contributed by atoms with Gasteiger partial charge in [-0.05, 0) is 12.1 Å². The second-order valence-corrected chi connectivity index (χ2v) is 4.50. The molecule has 1 N–H and O–H groups in total. The van der Waals surface area contributed by atoms with Crippen LogP contribution >= 0.6 is 23.2 Å². The summed E-state index contributed by atoms with van der Waals surface area (Å²) >= 11 is 11.7. The van der Waals surface area contributed by atoms with Crippen molar-refractivity contribution in [1.82, 2.24) is 15.1 Å². The van der Waals surface area contributed by atoms with E-state index in [1.165, 1.54) is 0 Å². The molecule has 0 spiro atoms. The second kappa shape index (κ2) is 5.89. The van der Waals surface area contributed by atoms with Crippen LogP contribution in [0.3, 0.4) is 0 Å². The van der Waals surface area contributed by atoms with Crippen molar-refractivity contribution in [2.75, 3.05) is 6.54 Å². The van der Waals surface area contributed by atoms with Crippen molar-refractivity contribution in [3.05, 3.63) is 52.3 Å². The molecule has 0 saturated heterocycles. The molecule has 1 aromatic heterocycles. The fraction of sp³-hybridized carbons (Fsp3) is 0.167. The van der Waals surface area contributed by atoms with Gasteiger partial charge in [-0.3, -0.25) is 9.48 Å². The van der Waals surface area contributed by atoms with Crippen LogP contribution in [0.5, 0.6) is 0 Å². The van der Waals surface area contributed by atoms with Gasteiger partial charge in [0.1, 0.15) is 0 Å². The maximum Gasteiger partial charge on any atom is 0.252 e. The van der Waals surface area contributed by atoms with E-state index in [1.807, 2.05) is 0 Å². The van der Waals surface area contributed by atoms with Gasteiger partial charge in [0.05, 0.1) is 28.4 Å². The summed E-state index contributed by atoms with van der Waals surface area (Å²) in [6.45, 7) is 1.02. The Labute approximate surface area is 115 Å². The van der Waals surface area contributed by atoms with Crippen LogP contribution in [0.1, 0.15) is 10.4 Å². The molecule has 0 fully saturated rings. The topological polar surface area (TPSA) is 46.9 Å². The summed E-state index contributed by atoms with van der Waals surface area (Å²) in [5, 5.41) is 7.80. The molecule has 0 aliphatic heterocycles. The van der Waals surface area contributed by atoms with Gasteiger partial charge in [-0.25, -0.2) is 0 Å². The zero-order valence-corrected chi connectivity index (χ0v) is 10.9. The summed E-state index contributed by atoms with van der Waals surface area (Å²) in [4.78, 5) is 11.8. The van der Waals surface area contributed by atoms with E-state index in [1.54, 1.807) is 41.3 Å². The number of hydrogen-bond acceptors (Lipinski definition) is 2. The van der Waals surface area contributed by atoms with Crippen molar-refractivity contribution in [1.29, 1.82) is 0 Å². The minimum Gasteiger partial charge on any atom is -0.350 e. The summed E-state index contributed by atoms with van der Waals surface area (Å²) in [5.41, 5.74) is 0.470. The number of nitrogens with one attached hydrogen (secondary N) is 1. The van der Waals surface area contributed by atoms with Gasteiger partial charge in [0.15, 0.2) is 0 Å². The molecule has 1 heterocycles. The van der Waals surface area contributed by atoms with Gasteiger partial charge in [-0.2, -0.15) is 5.10 Å². The summed E-state index contributed by atoms with van der Waals surface area (Å²) in [7, 11) is 0. The Hall–Kier alpha value is -1.52. The van der Waals surface area contributed by atoms with Crippen LogP contribution in [0.25, 0.3) is 0 Å². The molecule has 18 heavy (non-hydrogen) atoms. The third kappa shape index (κ3) is 3.24. The Bertz CT molecular complexity index is 554. The van der Waals surface area contributed by atoms with Crippen LogP contribution in [0.15, 0.2) is 36.7 Å². The number of nitrogens with zero attached hydrogens (tertiary/aromatic N) is 2. The molecule has 94 valence electrons. The third-order valence-electron chi connectivity index (χ3n) is 2.35. The number of carbonyl (C=O) groups is 1. The van der Waals surface area contributed by atoms with Crippen molar-refractivity contribution in [3.8, 4) is 0 Å². The summed E-state index contributed by atoms with van der Waals surface area (Å²) in [6.07, 6.45) is 3.25. The molecule has 1 amide bonds. The molecule has 0 bridgehead atoms. The van der Waals surface area contributed by atoms with Gasteiger partial charge < -0.3 is 5.32 Å². The van der Waals surface area contributed by atoms with Crippen LogP contribution in [0.2, 0.25) is 10.0 Å². The minimum absolute atomic E-state index is 0.196. The summed E-state index contributed by atoms with van der Waals surface area (Å²) in [5.74, 6) is -0.196. The smallest absolute Gasteiger partial charge is 0.252 e. The predicted octanol–water partition coefficient (Wildman–Crippen LogP) is 2.62. The molecule has 2 aromatic rings. The van der Waals surface area contributed by atoms with Gasteiger partial charge in [0.25, 0.3) is 5.91 Å². The SMILES string of the molecule is O=C(NCCn1cc(Cl)cn1)c1ccccc1Cl. The van der Waals surface area contributed by atoms with E-state index in [4.69, 9.17) is 23.2 Å². The Morgan fingerprint density at radius 1 is 1.33 bits per heavy atom. The molecule has 2 rings (SSSR count). The molecule has 0 aliphatic carbocycles. The Kier molecular flexibility index (Phi) is 4.23. The number of amides is 1. The lowest BCUT2D eigenvalue weighted by molar-refractivity contribution is 0.0952. The van der Waals surface area contributed by atoms with Gasteiger partial charge in [0, 0.05) is 12.7 Å². The van der Waals surface area contributed by atoms with Crippen molar-refractivity contribution in [2.45, 2.75) is 6.54 Å². The minimum atomic E-state index is -0.196. The first kappa shape index (κ1) is 12.9. The van der Waals surface area contributed by atoms with Gasteiger partial charge in [0.2, 0.25) is 0 Å². The molecule has 0 atom stereocenters. The fourth-order valence-corrected chi connectivity index (χ4v) is 1.86. The van der Waals surface area contributed by atoms with E-state index >= 15 is 0 Å². The highest BCUT2D eigenvalue weighted by Crippen LogP contribution is 2.14. The molecular weight excluding hydrogens is 273 g/mol. The van der Waals surface area contributed by atoms with Crippen molar-refractivity contribution < 1.29 is 4.79 Å². The predicted molar refractivity (Wildman–Crippen MR) is 71.0 cm³/mol. The number of carbonyl (C=O) groups excluding carboxylic acids is 1. The monoisotopic (exact) mass is 283 g/mol. The highest BCUT2D eigenvalue weighted by Gasteiger charge is 2.08. The van der Waals surface area contributed by atoms with Crippen LogP contribution in [-0.4, -0.2) is 22.2 Å². The highest BCUT2D eigenvalue weighted by molar-refractivity contribution is 6.33. The molecule has 0 radical (unpaired) electrons. The van der Waals surface area contributed by atoms with Crippen molar-refractivity contribution in [3.63, 3.8) is 0 Å². The molecule has 0 aliphatic rings. The average Bonchev–Trinajstić information content (AvgIpc) is 2.75. The molecule has 0 unspecified atom stereocenters. The van der Waals surface area contributed by atoms with Crippen LogP contribution in [0, 0.1) is 0 Å². The molecular formula is C12H11Cl2N3O. The quantitative estimate of drug-likeness (QED) is 0.938. The molecule has 0 saturated carbocycles. The fourth-order valence-electron chi connectivity index (χ4n) is 1.49. The van der Waals surface area contributed by atoms with E-state index < -0.39 is 0 Å². The first-order chi connectivity index (χ1) is 8.66. The number of benzene rings is 1. The molecule has 1 aromatic carbocycles. The lowest BCUT2D eigenvalue weighted by atomic mass is 10.2. The lowest BCUT2D eigenvalue weighted by Crippen LogP contribution is -2.27. The number of hydrogen-bond donors (Lipinski definition) is 1. The first-order valence-electron chi connectivity index (χ1n) is 5.37. The Morgan fingerprint density at radius 3 is 2.78 bits per heavy atom. The van der Waals surface area contributed by atoms with Crippen molar-refractivity contribution >= 4 is 29.1 Å².